The maximum Gasteiger partial charge on any atom is 0.240 e. The maximum atomic E-state index is 12.4. The average molecular weight is 359 g/mol. The molecule has 0 aliphatic carbocycles. The summed E-state index contributed by atoms with van der Waals surface area (Å²) in [6.07, 6.45) is 3.21. The molecule has 4 nitrogen and oxygen atoms in total. The molecule has 0 unspecified atom stereocenters. The van der Waals surface area contributed by atoms with Crippen LogP contribution in [0.4, 0.5) is 0 Å². The first-order valence-corrected chi connectivity index (χ1v) is 10.3. The molecule has 1 fully saturated rings. The van der Waals surface area contributed by atoms with Gasteiger partial charge in [0.25, 0.3) is 0 Å². The molecule has 1 heterocycles. The molecule has 130 valence electrons. The van der Waals surface area contributed by atoms with E-state index in [0.29, 0.717) is 23.2 Å². The van der Waals surface area contributed by atoms with Crippen LogP contribution in [-0.4, -0.2) is 44.9 Å². The normalized spacial score (nSPS) is 21.3. The number of piperidine rings is 1. The molecule has 1 saturated heterocycles. The fraction of sp³-hybridized carbons (Fsp3) is 0.647. The monoisotopic (exact) mass is 358 g/mol. The largest absolute Gasteiger partial charge is 0.299 e. The van der Waals surface area contributed by atoms with Gasteiger partial charge >= 0.3 is 0 Å². The van der Waals surface area contributed by atoms with Crippen LogP contribution >= 0.6 is 11.6 Å². The number of likely N-dealkylation sites (tertiary alicyclic amines) is 1. The van der Waals surface area contributed by atoms with E-state index in [-0.39, 0.29) is 6.04 Å². The highest BCUT2D eigenvalue weighted by Crippen LogP contribution is 2.18. The topological polar surface area (TPSA) is 49.4 Å². The molecule has 0 bridgehead atoms. The number of benzene rings is 1. The van der Waals surface area contributed by atoms with Crippen molar-refractivity contribution in [3.05, 3.63) is 29.8 Å². The second-order valence-corrected chi connectivity index (χ2v) is 8.67. The number of hydrogen-bond donors (Lipinski definition) is 1. The van der Waals surface area contributed by atoms with E-state index in [0.717, 1.165) is 25.1 Å². The van der Waals surface area contributed by atoms with Crippen molar-refractivity contribution in [1.82, 2.24) is 9.62 Å². The van der Waals surface area contributed by atoms with Crippen molar-refractivity contribution in [2.24, 2.45) is 5.92 Å². The molecule has 0 saturated carbocycles. The number of hydrogen-bond acceptors (Lipinski definition) is 3. The highest BCUT2D eigenvalue weighted by atomic mass is 35.5. The SMILES string of the molecule is C[C@@H]1CCCN([C@@H](C)CNS(=O)(=O)c2ccc(CCCl)cc2)C1. The van der Waals surface area contributed by atoms with Crippen LogP contribution in [0.3, 0.4) is 0 Å². The smallest absolute Gasteiger partial charge is 0.240 e. The van der Waals surface area contributed by atoms with Gasteiger partial charge in [0.05, 0.1) is 4.90 Å². The summed E-state index contributed by atoms with van der Waals surface area (Å²) in [5.74, 6) is 1.23. The Balaban J connectivity index is 1.92. The van der Waals surface area contributed by atoms with E-state index in [4.69, 9.17) is 11.6 Å². The molecular formula is C17H27ClN2O2S. The zero-order valence-electron chi connectivity index (χ0n) is 14.0. The lowest BCUT2D eigenvalue weighted by Gasteiger charge is -2.35. The van der Waals surface area contributed by atoms with Crippen molar-refractivity contribution in [2.75, 3.05) is 25.5 Å². The van der Waals surface area contributed by atoms with Crippen molar-refractivity contribution in [3.63, 3.8) is 0 Å². The van der Waals surface area contributed by atoms with E-state index >= 15 is 0 Å². The number of rotatable bonds is 7. The fourth-order valence-electron chi connectivity index (χ4n) is 3.01. The highest BCUT2D eigenvalue weighted by Gasteiger charge is 2.22. The Labute approximate surface area is 145 Å². The van der Waals surface area contributed by atoms with Gasteiger partial charge in [-0.05, 0) is 56.3 Å². The molecule has 1 aliphatic rings. The van der Waals surface area contributed by atoms with Gasteiger partial charge in [0.1, 0.15) is 0 Å². The number of nitrogens with zero attached hydrogens (tertiary/aromatic N) is 1. The fourth-order valence-corrected chi connectivity index (χ4v) is 4.35. The summed E-state index contributed by atoms with van der Waals surface area (Å²) in [7, 11) is -3.45. The van der Waals surface area contributed by atoms with Crippen LogP contribution in [0.25, 0.3) is 0 Å². The summed E-state index contributed by atoms with van der Waals surface area (Å²) in [5, 5.41) is 0. The lowest BCUT2D eigenvalue weighted by Crippen LogP contribution is -2.46. The van der Waals surface area contributed by atoms with Crippen molar-refractivity contribution < 1.29 is 8.42 Å². The van der Waals surface area contributed by atoms with Gasteiger partial charge in [0, 0.05) is 25.0 Å². The molecule has 0 aromatic heterocycles. The van der Waals surface area contributed by atoms with Gasteiger partial charge in [-0.15, -0.1) is 11.6 Å². The van der Waals surface area contributed by atoms with E-state index in [9.17, 15) is 8.42 Å². The van der Waals surface area contributed by atoms with Crippen LogP contribution in [0.5, 0.6) is 0 Å². The van der Waals surface area contributed by atoms with Crippen LogP contribution in [0.15, 0.2) is 29.2 Å². The van der Waals surface area contributed by atoms with Gasteiger partial charge in [-0.2, -0.15) is 0 Å². The molecule has 1 N–H and O–H groups in total. The Morgan fingerprint density at radius 2 is 2.04 bits per heavy atom. The predicted octanol–water partition coefficient (Wildman–Crippen LogP) is 2.87. The van der Waals surface area contributed by atoms with Crippen molar-refractivity contribution in [1.29, 1.82) is 0 Å². The Morgan fingerprint density at radius 3 is 2.65 bits per heavy atom. The molecule has 2 rings (SSSR count). The molecule has 6 heteroatoms. The molecule has 0 radical (unpaired) electrons. The Kier molecular flexibility index (Phi) is 6.89. The van der Waals surface area contributed by atoms with Gasteiger partial charge in [-0.25, -0.2) is 13.1 Å². The summed E-state index contributed by atoms with van der Waals surface area (Å²) in [5.41, 5.74) is 1.05. The number of nitrogens with one attached hydrogen (secondary N) is 1. The molecule has 1 aromatic carbocycles. The third-order valence-corrected chi connectivity index (χ3v) is 6.13. The lowest BCUT2D eigenvalue weighted by molar-refractivity contribution is 0.140. The predicted molar refractivity (Wildman–Crippen MR) is 95.5 cm³/mol. The second-order valence-electron chi connectivity index (χ2n) is 6.53. The average Bonchev–Trinajstić information content (AvgIpc) is 2.53. The summed E-state index contributed by atoms with van der Waals surface area (Å²) < 4.78 is 27.5. The highest BCUT2D eigenvalue weighted by molar-refractivity contribution is 7.89. The zero-order chi connectivity index (χ0) is 16.9. The third-order valence-electron chi connectivity index (χ3n) is 4.50. The Morgan fingerprint density at radius 1 is 1.35 bits per heavy atom. The minimum atomic E-state index is -3.45. The summed E-state index contributed by atoms with van der Waals surface area (Å²) in [6.45, 7) is 6.89. The number of aryl methyl sites for hydroxylation is 1. The molecular weight excluding hydrogens is 332 g/mol. The van der Waals surface area contributed by atoms with E-state index < -0.39 is 10.0 Å². The standard InChI is InChI=1S/C17H27ClN2O2S/c1-14-4-3-11-20(13-14)15(2)12-19-23(21,22)17-7-5-16(6-8-17)9-10-18/h5-8,14-15,19H,3-4,9-13H2,1-2H3/t14-,15+/m1/s1. The quantitative estimate of drug-likeness (QED) is 0.762. The van der Waals surface area contributed by atoms with Gasteiger partial charge in [-0.1, -0.05) is 19.1 Å². The third kappa shape index (κ3) is 5.45. The molecule has 0 spiro atoms. The van der Waals surface area contributed by atoms with Crippen LogP contribution in [0, 0.1) is 5.92 Å². The summed E-state index contributed by atoms with van der Waals surface area (Å²) >= 11 is 5.70. The van der Waals surface area contributed by atoms with E-state index in [1.54, 1.807) is 12.1 Å². The van der Waals surface area contributed by atoms with Crippen LogP contribution in [0.1, 0.15) is 32.3 Å². The van der Waals surface area contributed by atoms with E-state index in [1.807, 2.05) is 12.1 Å². The van der Waals surface area contributed by atoms with E-state index in [1.165, 1.54) is 12.8 Å². The number of alkyl halides is 1. The first-order chi connectivity index (χ1) is 10.9. The Bertz CT molecular complexity index is 589. The van der Waals surface area contributed by atoms with Crippen LogP contribution in [-0.2, 0) is 16.4 Å². The first kappa shape index (κ1) is 18.7. The van der Waals surface area contributed by atoms with Gasteiger partial charge in [0.15, 0.2) is 0 Å². The molecule has 1 aliphatic heterocycles. The maximum absolute atomic E-state index is 12.4. The Hall–Kier alpha value is -0.620. The van der Waals surface area contributed by atoms with Gasteiger partial charge in [-0.3, -0.25) is 4.90 Å². The second kappa shape index (κ2) is 8.47. The van der Waals surface area contributed by atoms with Gasteiger partial charge in [0.2, 0.25) is 10.0 Å². The summed E-state index contributed by atoms with van der Waals surface area (Å²) in [6, 6.07) is 7.16. The summed E-state index contributed by atoms with van der Waals surface area (Å²) in [4.78, 5) is 2.69. The molecule has 1 aromatic rings. The van der Waals surface area contributed by atoms with Crippen molar-refractivity contribution in [2.45, 2.75) is 44.0 Å². The minimum absolute atomic E-state index is 0.211. The zero-order valence-corrected chi connectivity index (χ0v) is 15.5. The van der Waals surface area contributed by atoms with Crippen LogP contribution < -0.4 is 4.72 Å². The van der Waals surface area contributed by atoms with Crippen molar-refractivity contribution in [3.8, 4) is 0 Å². The molecule has 0 amide bonds. The molecule has 2 atom stereocenters. The minimum Gasteiger partial charge on any atom is -0.299 e. The lowest BCUT2D eigenvalue weighted by atomic mass is 9.99. The number of sulfonamides is 1. The number of halogens is 1. The first-order valence-electron chi connectivity index (χ1n) is 8.31. The van der Waals surface area contributed by atoms with E-state index in [2.05, 4.69) is 23.5 Å². The van der Waals surface area contributed by atoms with Crippen LogP contribution in [0.2, 0.25) is 0 Å². The van der Waals surface area contributed by atoms with Gasteiger partial charge < -0.3 is 0 Å². The molecule has 23 heavy (non-hydrogen) atoms. The van der Waals surface area contributed by atoms with Crippen molar-refractivity contribution >= 4 is 21.6 Å².